The lowest BCUT2D eigenvalue weighted by atomic mass is 10.2. The molecule has 1 rings (SSSR count). The number of aryl methyl sites for hydroxylation is 1. The van der Waals surface area contributed by atoms with Crippen LogP contribution in [0.15, 0.2) is 6.20 Å². The highest BCUT2D eigenvalue weighted by molar-refractivity contribution is 5.17. The first-order valence-electron chi connectivity index (χ1n) is 4.88. The van der Waals surface area contributed by atoms with Crippen LogP contribution in [-0.4, -0.2) is 15.8 Å². The molecule has 0 fully saturated rings. The first-order valence-corrected chi connectivity index (χ1v) is 4.88. The molecule has 13 heavy (non-hydrogen) atoms. The van der Waals surface area contributed by atoms with E-state index in [1.54, 1.807) is 0 Å². The second-order valence-corrected chi connectivity index (χ2v) is 3.63. The van der Waals surface area contributed by atoms with Crippen molar-refractivity contribution in [3.8, 4) is 0 Å². The fraction of sp³-hybridized carbons (Fsp3) is 0.700. The van der Waals surface area contributed by atoms with Crippen molar-refractivity contribution < 1.29 is 0 Å². The van der Waals surface area contributed by atoms with Crippen molar-refractivity contribution in [1.82, 2.24) is 15.1 Å². The van der Waals surface area contributed by atoms with Gasteiger partial charge >= 0.3 is 0 Å². The Morgan fingerprint density at radius 1 is 1.54 bits per heavy atom. The van der Waals surface area contributed by atoms with E-state index in [0.717, 1.165) is 13.0 Å². The molecule has 0 saturated heterocycles. The molecule has 0 spiro atoms. The van der Waals surface area contributed by atoms with E-state index in [-0.39, 0.29) is 0 Å². The van der Waals surface area contributed by atoms with Gasteiger partial charge in [0.2, 0.25) is 0 Å². The molecule has 0 aliphatic carbocycles. The van der Waals surface area contributed by atoms with Gasteiger partial charge in [0.1, 0.15) is 0 Å². The fourth-order valence-corrected chi connectivity index (χ4v) is 1.43. The van der Waals surface area contributed by atoms with Crippen molar-refractivity contribution in [2.24, 2.45) is 7.05 Å². The summed E-state index contributed by atoms with van der Waals surface area (Å²) < 4.78 is 1.96. The zero-order chi connectivity index (χ0) is 9.84. The zero-order valence-corrected chi connectivity index (χ0v) is 8.96. The van der Waals surface area contributed by atoms with Gasteiger partial charge in [-0.25, -0.2) is 0 Å². The standard InChI is InChI=1S/C10H19N3/c1-5-10-9(6-11-8(2)3)7-12-13(10)4/h7-8,11H,5-6H2,1-4H3. The van der Waals surface area contributed by atoms with Crippen LogP contribution < -0.4 is 5.32 Å². The Kier molecular flexibility index (Phi) is 3.48. The normalized spacial score (nSPS) is 11.2. The number of nitrogens with zero attached hydrogens (tertiary/aromatic N) is 2. The van der Waals surface area contributed by atoms with E-state index < -0.39 is 0 Å². The van der Waals surface area contributed by atoms with Crippen molar-refractivity contribution in [3.63, 3.8) is 0 Å². The summed E-state index contributed by atoms with van der Waals surface area (Å²) in [5.41, 5.74) is 2.65. The maximum atomic E-state index is 4.24. The van der Waals surface area contributed by atoms with Crippen LogP contribution >= 0.6 is 0 Å². The number of nitrogens with one attached hydrogen (secondary N) is 1. The van der Waals surface area contributed by atoms with Crippen LogP contribution in [0.4, 0.5) is 0 Å². The minimum absolute atomic E-state index is 0.532. The van der Waals surface area contributed by atoms with E-state index in [4.69, 9.17) is 0 Å². The van der Waals surface area contributed by atoms with E-state index in [1.165, 1.54) is 11.3 Å². The molecule has 0 aromatic carbocycles. The van der Waals surface area contributed by atoms with Crippen molar-refractivity contribution in [1.29, 1.82) is 0 Å². The SMILES string of the molecule is CCc1c(CNC(C)C)cnn1C. The molecule has 3 nitrogen and oxygen atoms in total. The molecule has 0 bridgehead atoms. The third kappa shape index (κ3) is 2.56. The fourth-order valence-electron chi connectivity index (χ4n) is 1.43. The van der Waals surface area contributed by atoms with Crippen LogP contribution in [0.2, 0.25) is 0 Å². The number of hydrogen-bond donors (Lipinski definition) is 1. The highest BCUT2D eigenvalue weighted by atomic mass is 15.3. The highest BCUT2D eigenvalue weighted by Gasteiger charge is 2.05. The van der Waals surface area contributed by atoms with Gasteiger partial charge in [-0.1, -0.05) is 20.8 Å². The van der Waals surface area contributed by atoms with E-state index in [9.17, 15) is 0 Å². The van der Waals surface area contributed by atoms with Crippen LogP contribution in [0.3, 0.4) is 0 Å². The molecule has 1 N–H and O–H groups in total. The summed E-state index contributed by atoms with van der Waals surface area (Å²) in [6, 6.07) is 0.532. The summed E-state index contributed by atoms with van der Waals surface area (Å²) >= 11 is 0. The average molecular weight is 181 g/mol. The average Bonchev–Trinajstić information content (AvgIpc) is 2.42. The third-order valence-electron chi connectivity index (χ3n) is 2.18. The molecule has 3 heteroatoms. The van der Waals surface area contributed by atoms with Crippen LogP contribution in [0.25, 0.3) is 0 Å². The monoisotopic (exact) mass is 181 g/mol. The summed E-state index contributed by atoms with van der Waals surface area (Å²) in [5.74, 6) is 0. The topological polar surface area (TPSA) is 29.9 Å². The Balaban J connectivity index is 2.65. The first-order chi connectivity index (χ1) is 6.15. The summed E-state index contributed by atoms with van der Waals surface area (Å²) in [7, 11) is 2.00. The number of aromatic nitrogens is 2. The van der Waals surface area contributed by atoms with Gasteiger partial charge in [0, 0.05) is 30.9 Å². The lowest BCUT2D eigenvalue weighted by molar-refractivity contribution is 0.585. The smallest absolute Gasteiger partial charge is 0.0537 e. The van der Waals surface area contributed by atoms with Gasteiger partial charge in [-0.3, -0.25) is 4.68 Å². The van der Waals surface area contributed by atoms with E-state index in [0.29, 0.717) is 6.04 Å². The summed E-state index contributed by atoms with van der Waals surface area (Å²) in [6.45, 7) is 7.40. The molecule has 1 heterocycles. The van der Waals surface area contributed by atoms with Crippen molar-refractivity contribution in [3.05, 3.63) is 17.5 Å². The Bertz CT molecular complexity index is 263. The van der Waals surface area contributed by atoms with Gasteiger partial charge in [0.15, 0.2) is 0 Å². The van der Waals surface area contributed by atoms with Gasteiger partial charge in [-0.15, -0.1) is 0 Å². The van der Waals surface area contributed by atoms with Crippen LogP contribution in [0.1, 0.15) is 32.0 Å². The van der Waals surface area contributed by atoms with Crippen LogP contribution in [0.5, 0.6) is 0 Å². The van der Waals surface area contributed by atoms with Crippen LogP contribution in [-0.2, 0) is 20.0 Å². The van der Waals surface area contributed by atoms with Gasteiger partial charge in [0.25, 0.3) is 0 Å². The molecular weight excluding hydrogens is 162 g/mol. The maximum absolute atomic E-state index is 4.24. The van der Waals surface area contributed by atoms with Gasteiger partial charge in [-0.05, 0) is 6.42 Å². The Morgan fingerprint density at radius 3 is 2.77 bits per heavy atom. The maximum Gasteiger partial charge on any atom is 0.0537 e. The lowest BCUT2D eigenvalue weighted by Gasteiger charge is -2.08. The molecule has 1 aromatic heterocycles. The quantitative estimate of drug-likeness (QED) is 0.762. The number of rotatable bonds is 4. The second-order valence-electron chi connectivity index (χ2n) is 3.63. The Labute approximate surface area is 80.1 Å². The number of hydrogen-bond acceptors (Lipinski definition) is 2. The van der Waals surface area contributed by atoms with E-state index in [1.807, 2.05) is 17.9 Å². The van der Waals surface area contributed by atoms with Gasteiger partial charge < -0.3 is 5.32 Å². The molecule has 0 saturated carbocycles. The molecule has 0 amide bonds. The lowest BCUT2D eigenvalue weighted by Crippen LogP contribution is -2.22. The zero-order valence-electron chi connectivity index (χ0n) is 8.96. The first kappa shape index (κ1) is 10.3. The van der Waals surface area contributed by atoms with Crippen molar-refractivity contribution >= 4 is 0 Å². The third-order valence-corrected chi connectivity index (χ3v) is 2.18. The molecular formula is C10H19N3. The summed E-state index contributed by atoms with van der Waals surface area (Å²) in [4.78, 5) is 0. The van der Waals surface area contributed by atoms with Crippen LogP contribution in [0, 0.1) is 0 Å². The predicted molar refractivity (Wildman–Crippen MR) is 54.6 cm³/mol. The molecule has 0 aliphatic rings. The highest BCUT2D eigenvalue weighted by Crippen LogP contribution is 2.07. The summed E-state index contributed by atoms with van der Waals surface area (Å²) in [6.07, 6.45) is 3.00. The summed E-state index contributed by atoms with van der Waals surface area (Å²) in [5, 5.41) is 7.64. The Hall–Kier alpha value is -0.830. The molecule has 0 unspecified atom stereocenters. The molecule has 1 aromatic rings. The molecule has 0 radical (unpaired) electrons. The molecule has 0 aliphatic heterocycles. The van der Waals surface area contributed by atoms with Gasteiger partial charge in [0.05, 0.1) is 6.20 Å². The van der Waals surface area contributed by atoms with E-state index >= 15 is 0 Å². The van der Waals surface area contributed by atoms with Crippen molar-refractivity contribution in [2.45, 2.75) is 39.8 Å². The minimum Gasteiger partial charge on any atom is -0.310 e. The van der Waals surface area contributed by atoms with Gasteiger partial charge in [-0.2, -0.15) is 5.10 Å². The largest absolute Gasteiger partial charge is 0.310 e. The second kappa shape index (κ2) is 4.42. The molecule has 0 atom stereocenters. The Morgan fingerprint density at radius 2 is 2.23 bits per heavy atom. The predicted octanol–water partition coefficient (Wildman–Crippen LogP) is 1.48. The molecule has 74 valence electrons. The minimum atomic E-state index is 0.532. The van der Waals surface area contributed by atoms with E-state index in [2.05, 4.69) is 31.2 Å². The van der Waals surface area contributed by atoms with Crippen molar-refractivity contribution in [2.75, 3.05) is 0 Å².